The van der Waals surface area contributed by atoms with Crippen molar-refractivity contribution in [3.05, 3.63) is 0 Å². The Morgan fingerprint density at radius 2 is 0.857 bits per heavy atom. The molecule has 0 aliphatic heterocycles. The standard InChI is InChI=1S/C4H12N.H2O.V/c1-5(2,3)4;;/h1-4H3;1H2;/q+1;;. The zero-order valence-corrected chi connectivity index (χ0v) is 6.79. The van der Waals surface area contributed by atoms with Crippen molar-refractivity contribution in [3.8, 4) is 0 Å². The molecule has 0 unspecified atom stereocenters. The molecule has 3 heteroatoms. The maximum Gasteiger partial charge on any atom is 0.0675 e. The molecule has 2 N–H and O–H groups in total. The summed E-state index contributed by atoms with van der Waals surface area (Å²) < 4.78 is 1.00. The molecule has 0 amide bonds. The minimum atomic E-state index is 0. The van der Waals surface area contributed by atoms with Crippen LogP contribution in [-0.2, 0) is 18.6 Å². The molecule has 0 aliphatic carbocycles. The van der Waals surface area contributed by atoms with Crippen molar-refractivity contribution in [2.45, 2.75) is 0 Å². The van der Waals surface area contributed by atoms with Crippen molar-refractivity contribution < 1.29 is 28.5 Å². The monoisotopic (exact) mass is 143 g/mol. The van der Waals surface area contributed by atoms with Gasteiger partial charge in [-0.1, -0.05) is 0 Å². The van der Waals surface area contributed by atoms with Gasteiger partial charge in [-0.15, -0.1) is 0 Å². The van der Waals surface area contributed by atoms with E-state index < -0.39 is 0 Å². The Kier molecular flexibility index (Phi) is 10.4. The van der Waals surface area contributed by atoms with Gasteiger partial charge in [-0.3, -0.25) is 0 Å². The Labute approximate surface area is 57.3 Å². The van der Waals surface area contributed by atoms with E-state index in [4.69, 9.17) is 0 Å². The van der Waals surface area contributed by atoms with Crippen LogP contribution in [0.4, 0.5) is 0 Å². The molecule has 0 atom stereocenters. The summed E-state index contributed by atoms with van der Waals surface area (Å²) in [5.74, 6) is 0. The van der Waals surface area contributed by atoms with Crippen molar-refractivity contribution >= 4 is 0 Å². The quantitative estimate of drug-likeness (QED) is 0.409. The fraction of sp³-hybridized carbons (Fsp3) is 1.00. The molecule has 0 aromatic heterocycles. The van der Waals surface area contributed by atoms with E-state index >= 15 is 0 Å². The average Bonchev–Trinajstić information content (AvgIpc) is 0.722. The van der Waals surface area contributed by atoms with Gasteiger partial charge in [0, 0.05) is 18.6 Å². The van der Waals surface area contributed by atoms with E-state index in [9.17, 15) is 0 Å². The summed E-state index contributed by atoms with van der Waals surface area (Å²) in [5.41, 5.74) is 0. The van der Waals surface area contributed by atoms with E-state index in [2.05, 4.69) is 28.2 Å². The van der Waals surface area contributed by atoms with Crippen LogP contribution in [0.3, 0.4) is 0 Å². The van der Waals surface area contributed by atoms with Crippen LogP contribution in [0.25, 0.3) is 0 Å². The second-order valence-corrected chi connectivity index (χ2v) is 2.68. The molecule has 0 aromatic rings. The number of hydrogen-bond donors (Lipinski definition) is 0. The van der Waals surface area contributed by atoms with Gasteiger partial charge in [0.2, 0.25) is 0 Å². The van der Waals surface area contributed by atoms with E-state index in [1.165, 1.54) is 0 Å². The fourth-order valence-electron chi connectivity index (χ4n) is 0. The Morgan fingerprint density at radius 3 is 0.857 bits per heavy atom. The maximum absolute atomic E-state index is 2.12. The van der Waals surface area contributed by atoms with Crippen molar-refractivity contribution in [2.24, 2.45) is 0 Å². The fourth-order valence-corrected chi connectivity index (χ4v) is 0. The van der Waals surface area contributed by atoms with Crippen LogP contribution in [0.2, 0.25) is 0 Å². The molecule has 0 fully saturated rings. The van der Waals surface area contributed by atoms with Crippen LogP contribution in [0, 0.1) is 0 Å². The van der Waals surface area contributed by atoms with Crippen molar-refractivity contribution in [1.82, 2.24) is 0 Å². The second-order valence-electron chi connectivity index (χ2n) is 2.68. The second kappa shape index (κ2) is 4.66. The Balaban J connectivity index is -0.0000000800. The normalized spacial score (nSPS) is 8.57. The van der Waals surface area contributed by atoms with E-state index in [0.717, 1.165) is 4.48 Å². The van der Waals surface area contributed by atoms with Gasteiger partial charge in [0.25, 0.3) is 0 Å². The van der Waals surface area contributed by atoms with Crippen LogP contribution in [0.5, 0.6) is 0 Å². The summed E-state index contributed by atoms with van der Waals surface area (Å²) in [6.07, 6.45) is 0. The predicted octanol–water partition coefficient (Wildman–Crippen LogP) is -0.505. The third-order valence-corrected chi connectivity index (χ3v) is 0. The van der Waals surface area contributed by atoms with Crippen LogP contribution in [0.15, 0.2) is 0 Å². The summed E-state index contributed by atoms with van der Waals surface area (Å²) >= 11 is 0. The molecule has 0 aliphatic rings. The van der Waals surface area contributed by atoms with Gasteiger partial charge in [-0.05, 0) is 0 Å². The van der Waals surface area contributed by atoms with Crippen molar-refractivity contribution in [3.63, 3.8) is 0 Å². The Morgan fingerprint density at radius 1 is 0.857 bits per heavy atom. The minimum Gasteiger partial charge on any atom is -0.412 e. The van der Waals surface area contributed by atoms with Crippen molar-refractivity contribution in [2.75, 3.05) is 28.2 Å². The van der Waals surface area contributed by atoms with Crippen LogP contribution in [0.1, 0.15) is 0 Å². The summed E-state index contributed by atoms with van der Waals surface area (Å²) in [6.45, 7) is 0. The molecular formula is C4H14NOV+. The van der Waals surface area contributed by atoms with Gasteiger partial charge in [0.05, 0.1) is 28.2 Å². The topological polar surface area (TPSA) is 31.5 Å². The van der Waals surface area contributed by atoms with E-state index in [-0.39, 0.29) is 24.0 Å². The molecule has 0 saturated heterocycles. The summed E-state index contributed by atoms with van der Waals surface area (Å²) in [7, 11) is 8.50. The summed E-state index contributed by atoms with van der Waals surface area (Å²) in [5, 5.41) is 0. The first-order valence-electron chi connectivity index (χ1n) is 1.79. The zero-order valence-electron chi connectivity index (χ0n) is 5.39. The van der Waals surface area contributed by atoms with Gasteiger partial charge >= 0.3 is 0 Å². The Hall–Kier alpha value is 0.504. The smallest absolute Gasteiger partial charge is 0.0675 e. The van der Waals surface area contributed by atoms with Gasteiger partial charge in [-0.2, -0.15) is 0 Å². The summed E-state index contributed by atoms with van der Waals surface area (Å²) in [6, 6.07) is 0. The number of rotatable bonds is 0. The molecule has 1 radical (unpaired) electrons. The van der Waals surface area contributed by atoms with E-state index in [1.807, 2.05) is 0 Å². The minimum absolute atomic E-state index is 0. The van der Waals surface area contributed by atoms with Gasteiger partial charge in [0.15, 0.2) is 0 Å². The molecule has 7 heavy (non-hydrogen) atoms. The molecule has 0 heterocycles. The molecule has 0 bridgehead atoms. The first-order valence-corrected chi connectivity index (χ1v) is 1.79. The molecule has 45 valence electrons. The van der Waals surface area contributed by atoms with Crippen LogP contribution < -0.4 is 0 Å². The van der Waals surface area contributed by atoms with E-state index in [0.29, 0.717) is 0 Å². The largest absolute Gasteiger partial charge is 0.412 e. The van der Waals surface area contributed by atoms with Crippen molar-refractivity contribution in [1.29, 1.82) is 0 Å². The molecule has 0 aromatic carbocycles. The van der Waals surface area contributed by atoms with Gasteiger partial charge in [0.1, 0.15) is 0 Å². The third kappa shape index (κ3) is 519. The molecular weight excluding hydrogens is 129 g/mol. The number of quaternary nitrogens is 1. The third-order valence-electron chi connectivity index (χ3n) is 0. The number of hydrogen-bond acceptors (Lipinski definition) is 0. The molecule has 0 spiro atoms. The average molecular weight is 143 g/mol. The molecule has 2 nitrogen and oxygen atoms in total. The number of nitrogens with zero attached hydrogens (tertiary/aromatic N) is 1. The molecule has 0 saturated carbocycles. The zero-order chi connectivity index (χ0) is 4.50. The predicted molar refractivity (Wildman–Crippen MR) is 27.6 cm³/mol. The first-order chi connectivity index (χ1) is 2.00. The van der Waals surface area contributed by atoms with Gasteiger partial charge < -0.3 is 9.96 Å². The van der Waals surface area contributed by atoms with Crippen LogP contribution >= 0.6 is 0 Å². The Bertz CT molecular complexity index is 27.2. The summed E-state index contributed by atoms with van der Waals surface area (Å²) in [4.78, 5) is 0. The van der Waals surface area contributed by atoms with E-state index in [1.54, 1.807) is 0 Å². The SMILES string of the molecule is C[N+](C)(C)C.O.[V]. The maximum atomic E-state index is 2.12. The molecule has 0 rings (SSSR count). The van der Waals surface area contributed by atoms with Gasteiger partial charge in [-0.25, -0.2) is 0 Å². The van der Waals surface area contributed by atoms with Crippen LogP contribution in [-0.4, -0.2) is 38.1 Å². The first kappa shape index (κ1) is 15.6.